The van der Waals surface area contributed by atoms with Crippen LogP contribution in [0.15, 0.2) is 12.4 Å². The van der Waals surface area contributed by atoms with Crippen molar-refractivity contribution in [1.29, 1.82) is 0 Å². The molecule has 4 heteroatoms. The molecule has 1 unspecified atom stereocenters. The Morgan fingerprint density at radius 1 is 1.60 bits per heavy atom. The van der Waals surface area contributed by atoms with Gasteiger partial charge in [0.05, 0.1) is 6.54 Å². The molecule has 4 nitrogen and oxygen atoms in total. The van der Waals surface area contributed by atoms with Crippen LogP contribution >= 0.6 is 0 Å². The third-order valence-electron chi connectivity index (χ3n) is 3.01. The molecular weight excluding hydrogens is 188 g/mol. The smallest absolute Gasteiger partial charge is 0.122 e. The Balaban J connectivity index is 1.68. The van der Waals surface area contributed by atoms with E-state index in [1.54, 1.807) is 0 Å². The number of rotatable bonds is 4. The van der Waals surface area contributed by atoms with Gasteiger partial charge in [0.15, 0.2) is 0 Å². The Morgan fingerprint density at radius 3 is 3.20 bits per heavy atom. The van der Waals surface area contributed by atoms with Gasteiger partial charge in [-0.25, -0.2) is 4.98 Å². The van der Waals surface area contributed by atoms with E-state index in [9.17, 15) is 0 Å². The van der Waals surface area contributed by atoms with Crippen LogP contribution in [0, 0.1) is 0 Å². The third kappa shape index (κ3) is 3.04. The van der Waals surface area contributed by atoms with Crippen LogP contribution in [0.4, 0.5) is 0 Å². The SMILES string of the molecule is Cn1ccnc1CNCC1CCCCN1. The van der Waals surface area contributed by atoms with Crippen LogP contribution in [0.5, 0.6) is 0 Å². The normalized spacial score (nSPS) is 21.8. The second-order valence-electron chi connectivity index (χ2n) is 4.23. The maximum Gasteiger partial charge on any atom is 0.122 e. The fraction of sp³-hybridized carbons (Fsp3) is 0.727. The topological polar surface area (TPSA) is 41.9 Å². The Hall–Kier alpha value is -0.870. The van der Waals surface area contributed by atoms with Gasteiger partial charge in [-0.3, -0.25) is 0 Å². The molecule has 0 saturated carbocycles. The van der Waals surface area contributed by atoms with Crippen molar-refractivity contribution in [2.75, 3.05) is 13.1 Å². The van der Waals surface area contributed by atoms with Gasteiger partial charge in [0, 0.05) is 32.0 Å². The third-order valence-corrected chi connectivity index (χ3v) is 3.01. The van der Waals surface area contributed by atoms with Crippen LogP contribution in [0.25, 0.3) is 0 Å². The van der Waals surface area contributed by atoms with Crippen molar-refractivity contribution in [3.63, 3.8) is 0 Å². The van der Waals surface area contributed by atoms with E-state index in [0.29, 0.717) is 6.04 Å². The first-order chi connectivity index (χ1) is 7.36. The minimum Gasteiger partial charge on any atom is -0.337 e. The first-order valence-corrected chi connectivity index (χ1v) is 5.76. The molecule has 2 N–H and O–H groups in total. The highest BCUT2D eigenvalue weighted by Gasteiger charge is 2.11. The summed E-state index contributed by atoms with van der Waals surface area (Å²) in [5.41, 5.74) is 0. The first kappa shape index (κ1) is 10.6. The van der Waals surface area contributed by atoms with E-state index in [-0.39, 0.29) is 0 Å². The number of imidazole rings is 1. The molecule has 1 saturated heterocycles. The summed E-state index contributed by atoms with van der Waals surface area (Å²) in [6.07, 6.45) is 7.82. The van der Waals surface area contributed by atoms with Gasteiger partial charge in [0.1, 0.15) is 5.82 Å². The Morgan fingerprint density at radius 2 is 2.53 bits per heavy atom. The second kappa shape index (κ2) is 5.28. The predicted octanol–water partition coefficient (Wildman–Crippen LogP) is 0.652. The van der Waals surface area contributed by atoms with Gasteiger partial charge in [-0.05, 0) is 19.4 Å². The van der Waals surface area contributed by atoms with Crippen LogP contribution in [-0.2, 0) is 13.6 Å². The average molecular weight is 208 g/mol. The summed E-state index contributed by atoms with van der Waals surface area (Å²) >= 11 is 0. The molecule has 0 amide bonds. The Bertz CT molecular complexity index is 289. The lowest BCUT2D eigenvalue weighted by Gasteiger charge is -2.23. The van der Waals surface area contributed by atoms with Crippen molar-refractivity contribution in [2.45, 2.75) is 31.8 Å². The number of aryl methyl sites for hydroxylation is 1. The first-order valence-electron chi connectivity index (χ1n) is 5.76. The maximum atomic E-state index is 4.28. The van der Waals surface area contributed by atoms with E-state index >= 15 is 0 Å². The predicted molar refractivity (Wildman–Crippen MR) is 60.6 cm³/mol. The summed E-state index contributed by atoms with van der Waals surface area (Å²) in [7, 11) is 2.03. The summed E-state index contributed by atoms with van der Waals surface area (Å²) in [4.78, 5) is 4.28. The van der Waals surface area contributed by atoms with Crippen molar-refractivity contribution in [3.8, 4) is 0 Å². The average Bonchev–Trinajstić information content (AvgIpc) is 2.66. The van der Waals surface area contributed by atoms with Crippen LogP contribution in [0.3, 0.4) is 0 Å². The summed E-state index contributed by atoms with van der Waals surface area (Å²) in [5, 5.41) is 6.98. The molecule has 1 atom stereocenters. The molecule has 0 aliphatic carbocycles. The van der Waals surface area contributed by atoms with Crippen molar-refractivity contribution in [2.24, 2.45) is 7.05 Å². The number of hydrogen-bond acceptors (Lipinski definition) is 3. The largest absolute Gasteiger partial charge is 0.337 e. The van der Waals surface area contributed by atoms with Gasteiger partial charge in [-0.2, -0.15) is 0 Å². The Labute approximate surface area is 91.1 Å². The lowest BCUT2D eigenvalue weighted by molar-refractivity contribution is 0.381. The molecule has 0 bridgehead atoms. The minimum absolute atomic E-state index is 0.652. The molecule has 84 valence electrons. The van der Waals surface area contributed by atoms with E-state index in [2.05, 4.69) is 20.2 Å². The van der Waals surface area contributed by atoms with Crippen LogP contribution < -0.4 is 10.6 Å². The van der Waals surface area contributed by atoms with E-state index in [1.807, 2.05) is 19.4 Å². The fourth-order valence-electron chi connectivity index (χ4n) is 2.02. The summed E-state index contributed by atoms with van der Waals surface area (Å²) in [6.45, 7) is 3.09. The van der Waals surface area contributed by atoms with E-state index in [4.69, 9.17) is 0 Å². The van der Waals surface area contributed by atoms with E-state index in [1.165, 1.54) is 25.8 Å². The molecular formula is C11H20N4. The molecule has 15 heavy (non-hydrogen) atoms. The van der Waals surface area contributed by atoms with Crippen molar-refractivity contribution in [3.05, 3.63) is 18.2 Å². The molecule has 1 aliphatic rings. The highest BCUT2D eigenvalue weighted by atomic mass is 15.1. The molecule has 0 spiro atoms. The zero-order valence-corrected chi connectivity index (χ0v) is 9.37. The zero-order valence-electron chi connectivity index (χ0n) is 9.37. The lowest BCUT2D eigenvalue weighted by atomic mass is 10.1. The van der Waals surface area contributed by atoms with Crippen molar-refractivity contribution < 1.29 is 0 Å². The fourth-order valence-corrected chi connectivity index (χ4v) is 2.02. The van der Waals surface area contributed by atoms with Gasteiger partial charge >= 0.3 is 0 Å². The molecule has 2 heterocycles. The second-order valence-corrected chi connectivity index (χ2v) is 4.23. The quantitative estimate of drug-likeness (QED) is 0.763. The number of aromatic nitrogens is 2. The molecule has 1 fully saturated rings. The Kier molecular flexibility index (Phi) is 3.75. The van der Waals surface area contributed by atoms with Crippen LogP contribution in [0.1, 0.15) is 25.1 Å². The highest BCUT2D eigenvalue weighted by Crippen LogP contribution is 2.05. The molecule has 0 aromatic carbocycles. The maximum absolute atomic E-state index is 4.28. The summed E-state index contributed by atoms with van der Waals surface area (Å²) in [5.74, 6) is 1.10. The molecule has 1 aromatic heterocycles. The number of hydrogen-bond donors (Lipinski definition) is 2. The van der Waals surface area contributed by atoms with E-state index in [0.717, 1.165) is 18.9 Å². The zero-order chi connectivity index (χ0) is 10.5. The summed E-state index contributed by atoms with van der Waals surface area (Å²) in [6, 6.07) is 0.652. The van der Waals surface area contributed by atoms with Crippen molar-refractivity contribution in [1.82, 2.24) is 20.2 Å². The van der Waals surface area contributed by atoms with E-state index < -0.39 is 0 Å². The number of nitrogens with zero attached hydrogens (tertiary/aromatic N) is 2. The van der Waals surface area contributed by atoms with Crippen molar-refractivity contribution >= 4 is 0 Å². The minimum atomic E-state index is 0.652. The monoisotopic (exact) mass is 208 g/mol. The number of piperidine rings is 1. The van der Waals surface area contributed by atoms with Gasteiger partial charge < -0.3 is 15.2 Å². The summed E-state index contributed by atoms with van der Waals surface area (Å²) < 4.78 is 2.06. The molecule has 2 rings (SSSR count). The molecule has 1 aromatic rings. The van der Waals surface area contributed by atoms with Crippen LogP contribution in [-0.4, -0.2) is 28.7 Å². The van der Waals surface area contributed by atoms with Crippen LogP contribution in [0.2, 0.25) is 0 Å². The highest BCUT2D eigenvalue weighted by molar-refractivity contribution is 4.90. The lowest BCUT2D eigenvalue weighted by Crippen LogP contribution is -2.41. The van der Waals surface area contributed by atoms with Gasteiger partial charge in [-0.1, -0.05) is 6.42 Å². The van der Waals surface area contributed by atoms with Gasteiger partial charge in [-0.15, -0.1) is 0 Å². The van der Waals surface area contributed by atoms with Gasteiger partial charge in [0.2, 0.25) is 0 Å². The van der Waals surface area contributed by atoms with Gasteiger partial charge in [0.25, 0.3) is 0 Å². The standard InChI is InChI=1S/C11H20N4/c1-15-7-6-14-11(15)9-12-8-10-4-2-3-5-13-10/h6-7,10,12-13H,2-5,8-9H2,1H3. The molecule has 0 radical (unpaired) electrons. The molecule has 1 aliphatic heterocycles. The number of nitrogens with one attached hydrogen (secondary N) is 2.